The lowest BCUT2D eigenvalue weighted by atomic mass is 10.2. The Morgan fingerprint density at radius 1 is 1.00 bits per heavy atom. The summed E-state index contributed by atoms with van der Waals surface area (Å²) in [4.78, 5) is 10.6. The number of halogens is 6. The summed E-state index contributed by atoms with van der Waals surface area (Å²) >= 11 is 0. The van der Waals surface area contributed by atoms with Crippen LogP contribution in [0.1, 0.15) is 0 Å². The topological polar surface area (TPSA) is 74.5 Å². The number of carbonyl (C=O) groups is 1. The zero-order valence-electron chi connectivity index (χ0n) is 10.6. The average Bonchev–Trinajstić information content (AvgIpc) is 2.85. The summed E-state index contributed by atoms with van der Waals surface area (Å²) in [6, 6.07) is 4.02. The second-order valence-corrected chi connectivity index (χ2v) is 3.83. The molecule has 0 saturated carbocycles. The summed E-state index contributed by atoms with van der Waals surface area (Å²) in [5.74, 6) is -3.44. The smallest absolute Gasteiger partial charge is 0.406 e. The molecule has 0 bridgehead atoms. The molecule has 2 rings (SSSR count). The number of rotatable bonds is 3. The van der Waals surface area contributed by atoms with E-state index in [9.17, 15) is 31.1 Å². The summed E-state index contributed by atoms with van der Waals surface area (Å²) in [6.07, 6.45) is -11.2. The van der Waals surface area contributed by atoms with Crippen molar-refractivity contribution in [3.8, 4) is 23.3 Å². The van der Waals surface area contributed by atoms with Gasteiger partial charge in [0, 0.05) is 5.56 Å². The van der Waals surface area contributed by atoms with Crippen LogP contribution in [0.25, 0.3) is 11.5 Å². The molecule has 0 aliphatic carbocycles. The Balaban J connectivity index is 2.10. The number of carbonyl (C=O) groups excluding carboxylic acids is 1. The lowest BCUT2D eigenvalue weighted by molar-refractivity contribution is -0.274. The zero-order valence-corrected chi connectivity index (χ0v) is 10.6. The highest BCUT2D eigenvalue weighted by Crippen LogP contribution is 2.27. The Hall–Kier alpha value is -2.79. The molecule has 0 N–H and O–H groups in total. The van der Waals surface area contributed by atoms with Crippen molar-refractivity contribution in [3.05, 3.63) is 24.3 Å². The molecule has 0 aliphatic rings. The van der Waals surface area contributed by atoms with Crippen LogP contribution in [0, 0.1) is 0 Å². The number of ether oxygens (including phenoxy) is 2. The maximum absolute atomic E-state index is 12.0. The standard InChI is InChI=1S/C11H4F6N2O4/c12-10(13,14)8(20)22-9-19-18-7(21-9)5-1-3-6(4-2-5)23-11(15,16)17/h1-4H. The van der Waals surface area contributed by atoms with Crippen molar-refractivity contribution < 1.29 is 45.0 Å². The molecular weight excluding hydrogens is 338 g/mol. The van der Waals surface area contributed by atoms with Crippen LogP contribution in [0.2, 0.25) is 0 Å². The van der Waals surface area contributed by atoms with Crippen LogP contribution in [0.3, 0.4) is 0 Å². The van der Waals surface area contributed by atoms with E-state index in [4.69, 9.17) is 0 Å². The van der Waals surface area contributed by atoms with Gasteiger partial charge < -0.3 is 13.9 Å². The summed E-state index contributed by atoms with van der Waals surface area (Å²) in [5.41, 5.74) is 0.0707. The molecule has 0 spiro atoms. The maximum Gasteiger partial charge on any atom is 0.573 e. The molecule has 12 heteroatoms. The van der Waals surface area contributed by atoms with Gasteiger partial charge in [0.2, 0.25) is 0 Å². The maximum atomic E-state index is 12.0. The van der Waals surface area contributed by atoms with Crippen molar-refractivity contribution in [1.29, 1.82) is 0 Å². The SMILES string of the molecule is O=C(Oc1nnc(-c2ccc(OC(F)(F)F)cc2)o1)C(F)(F)F. The summed E-state index contributed by atoms with van der Waals surface area (Å²) in [6.45, 7) is 0. The molecule has 0 amide bonds. The largest absolute Gasteiger partial charge is 0.573 e. The van der Waals surface area contributed by atoms with E-state index in [1.165, 1.54) is 0 Å². The van der Waals surface area contributed by atoms with E-state index in [1.807, 2.05) is 0 Å². The van der Waals surface area contributed by atoms with Gasteiger partial charge in [0.05, 0.1) is 0 Å². The van der Waals surface area contributed by atoms with E-state index in [0.717, 1.165) is 24.3 Å². The molecule has 0 radical (unpaired) electrons. The highest BCUT2D eigenvalue weighted by Gasteiger charge is 2.42. The van der Waals surface area contributed by atoms with E-state index in [-0.39, 0.29) is 11.5 Å². The molecule has 0 saturated heterocycles. The molecule has 1 aromatic heterocycles. The van der Waals surface area contributed by atoms with Crippen molar-refractivity contribution in [2.75, 3.05) is 0 Å². The minimum atomic E-state index is -5.24. The Morgan fingerprint density at radius 3 is 2.13 bits per heavy atom. The molecule has 0 unspecified atom stereocenters. The Labute approximate surface area is 122 Å². The molecule has 23 heavy (non-hydrogen) atoms. The van der Waals surface area contributed by atoms with Crippen molar-refractivity contribution >= 4 is 5.97 Å². The molecule has 1 aromatic carbocycles. The van der Waals surface area contributed by atoms with Gasteiger partial charge in [-0.05, 0) is 24.3 Å². The number of aromatic nitrogens is 2. The fraction of sp³-hybridized carbons (Fsp3) is 0.182. The predicted octanol–water partition coefficient (Wildman–Crippen LogP) is 3.10. The van der Waals surface area contributed by atoms with E-state index in [1.54, 1.807) is 0 Å². The van der Waals surface area contributed by atoms with Crippen molar-refractivity contribution in [2.24, 2.45) is 0 Å². The van der Waals surface area contributed by atoms with Gasteiger partial charge in [-0.15, -0.1) is 18.3 Å². The molecule has 0 fully saturated rings. The molecule has 6 nitrogen and oxygen atoms in total. The van der Waals surface area contributed by atoms with Crippen LogP contribution in [-0.2, 0) is 4.79 Å². The molecular formula is C11H4F6N2O4. The van der Waals surface area contributed by atoms with Crippen molar-refractivity contribution in [2.45, 2.75) is 12.5 Å². The molecule has 2 aromatic rings. The average molecular weight is 342 g/mol. The fourth-order valence-corrected chi connectivity index (χ4v) is 1.30. The highest BCUT2D eigenvalue weighted by atomic mass is 19.4. The lowest BCUT2D eigenvalue weighted by Crippen LogP contribution is -2.28. The molecule has 0 atom stereocenters. The van der Waals surface area contributed by atoms with E-state index in [0.29, 0.717) is 0 Å². The first-order valence-corrected chi connectivity index (χ1v) is 5.53. The third-order valence-corrected chi connectivity index (χ3v) is 2.15. The van der Waals surface area contributed by atoms with Crippen LogP contribution in [0.5, 0.6) is 11.8 Å². The summed E-state index contributed by atoms with van der Waals surface area (Å²) in [7, 11) is 0. The first-order valence-electron chi connectivity index (χ1n) is 5.53. The second-order valence-electron chi connectivity index (χ2n) is 3.83. The van der Waals surface area contributed by atoms with E-state index < -0.39 is 30.3 Å². The number of hydrogen-bond acceptors (Lipinski definition) is 6. The zero-order chi connectivity index (χ0) is 17.3. The van der Waals surface area contributed by atoms with Crippen molar-refractivity contribution in [3.63, 3.8) is 0 Å². The third-order valence-electron chi connectivity index (χ3n) is 2.15. The van der Waals surface area contributed by atoms with Gasteiger partial charge in [0.15, 0.2) is 0 Å². The Bertz CT molecular complexity index is 692. The molecule has 1 heterocycles. The van der Waals surface area contributed by atoms with Gasteiger partial charge in [-0.2, -0.15) is 13.2 Å². The number of alkyl halides is 6. The Kier molecular flexibility index (Phi) is 4.16. The third kappa shape index (κ3) is 4.59. The van der Waals surface area contributed by atoms with Crippen LogP contribution in [-0.4, -0.2) is 28.7 Å². The monoisotopic (exact) mass is 342 g/mol. The summed E-state index contributed by atoms with van der Waals surface area (Å²) < 4.78 is 83.9. The normalized spacial score (nSPS) is 12.1. The minimum absolute atomic E-state index is 0.0707. The second kappa shape index (κ2) is 5.78. The predicted molar refractivity (Wildman–Crippen MR) is 58.1 cm³/mol. The number of esters is 1. The van der Waals surface area contributed by atoms with Gasteiger partial charge in [-0.25, -0.2) is 4.79 Å². The van der Waals surface area contributed by atoms with Gasteiger partial charge in [0.1, 0.15) is 5.75 Å². The first-order chi connectivity index (χ1) is 10.5. The van der Waals surface area contributed by atoms with Crippen LogP contribution < -0.4 is 9.47 Å². The van der Waals surface area contributed by atoms with Crippen LogP contribution in [0.4, 0.5) is 26.3 Å². The van der Waals surface area contributed by atoms with Crippen LogP contribution in [0.15, 0.2) is 28.7 Å². The van der Waals surface area contributed by atoms with E-state index in [2.05, 4.69) is 24.1 Å². The van der Waals surface area contributed by atoms with Crippen LogP contribution >= 0.6 is 0 Å². The van der Waals surface area contributed by atoms with Gasteiger partial charge in [-0.1, -0.05) is 5.10 Å². The van der Waals surface area contributed by atoms with E-state index >= 15 is 0 Å². The summed E-state index contributed by atoms with van der Waals surface area (Å²) in [5, 5.41) is 6.36. The fourth-order valence-electron chi connectivity index (χ4n) is 1.30. The first kappa shape index (κ1) is 16.6. The number of benzene rings is 1. The lowest BCUT2D eigenvalue weighted by Gasteiger charge is -2.08. The van der Waals surface area contributed by atoms with Gasteiger partial charge in [-0.3, -0.25) is 0 Å². The minimum Gasteiger partial charge on any atom is -0.406 e. The Morgan fingerprint density at radius 2 is 1.61 bits per heavy atom. The van der Waals surface area contributed by atoms with Crippen molar-refractivity contribution in [1.82, 2.24) is 10.2 Å². The molecule has 124 valence electrons. The number of nitrogens with zero attached hydrogens (tertiary/aromatic N) is 2. The quantitative estimate of drug-likeness (QED) is 0.630. The number of hydrogen-bond donors (Lipinski definition) is 0. The highest BCUT2D eigenvalue weighted by molar-refractivity contribution is 5.77. The van der Waals surface area contributed by atoms with Gasteiger partial charge >= 0.3 is 24.6 Å². The molecule has 0 aliphatic heterocycles. The van der Waals surface area contributed by atoms with Gasteiger partial charge in [0.25, 0.3) is 5.89 Å².